The number of nitriles is 1. The number of hydrogen-bond acceptors (Lipinski definition) is 5. The molecule has 180 valence electrons. The van der Waals surface area contributed by atoms with Gasteiger partial charge in [-0.2, -0.15) is 20.1 Å². The molecule has 0 atom stereocenters. The Hall–Kier alpha value is -5.09. The highest BCUT2D eigenvalue weighted by Crippen LogP contribution is 2.27. The highest BCUT2D eigenvalue weighted by molar-refractivity contribution is 6.13. The molecule has 0 aliphatic heterocycles. The van der Waals surface area contributed by atoms with Crippen LogP contribution in [-0.2, 0) is 0 Å². The van der Waals surface area contributed by atoms with Crippen molar-refractivity contribution in [2.24, 2.45) is 5.10 Å². The maximum atomic E-state index is 13.2. The van der Waals surface area contributed by atoms with E-state index >= 15 is 0 Å². The first-order chi connectivity index (χ1) is 17.9. The van der Waals surface area contributed by atoms with Crippen LogP contribution in [0, 0.1) is 32.1 Å². The van der Waals surface area contributed by atoms with Gasteiger partial charge in [0.15, 0.2) is 5.69 Å². The molecule has 7 nitrogen and oxygen atoms in total. The lowest BCUT2D eigenvalue weighted by Crippen LogP contribution is -2.31. The Bertz CT molecular complexity index is 1790. The average Bonchev–Trinajstić information content (AvgIpc) is 2.90. The Labute approximate surface area is 213 Å². The van der Waals surface area contributed by atoms with Crippen molar-refractivity contribution in [1.29, 1.82) is 5.26 Å². The number of nitrogens with one attached hydrogen (secondary N) is 1. The molecule has 0 unspecified atom stereocenters. The third-order valence-corrected chi connectivity index (χ3v) is 6.57. The van der Waals surface area contributed by atoms with Crippen molar-refractivity contribution in [1.82, 2.24) is 15.2 Å². The van der Waals surface area contributed by atoms with E-state index in [2.05, 4.69) is 21.7 Å². The summed E-state index contributed by atoms with van der Waals surface area (Å²) in [6.07, 6.45) is 1.61. The van der Waals surface area contributed by atoms with Gasteiger partial charge >= 0.3 is 0 Å². The van der Waals surface area contributed by atoms with Crippen molar-refractivity contribution in [3.63, 3.8) is 0 Å². The molecule has 1 heterocycles. The number of carbonyl (C=O) groups is 1. The van der Waals surface area contributed by atoms with Crippen LogP contribution in [-0.4, -0.2) is 21.9 Å². The minimum atomic E-state index is -0.618. The van der Waals surface area contributed by atoms with E-state index in [1.165, 1.54) is 6.92 Å². The van der Waals surface area contributed by atoms with E-state index in [4.69, 9.17) is 0 Å². The zero-order valence-electron chi connectivity index (χ0n) is 20.6. The molecule has 1 N–H and O–H groups in total. The molecule has 5 aromatic rings. The molecule has 0 radical (unpaired) electrons. The van der Waals surface area contributed by atoms with Crippen molar-refractivity contribution in [2.75, 3.05) is 0 Å². The largest absolute Gasteiger partial charge is 0.292 e. The van der Waals surface area contributed by atoms with Gasteiger partial charge in [0.25, 0.3) is 11.5 Å². The number of benzene rings is 4. The number of aromatic nitrogens is 2. The van der Waals surface area contributed by atoms with Crippen LogP contribution in [0.15, 0.2) is 82.7 Å². The molecule has 1 aromatic heterocycles. The molecule has 0 saturated carbocycles. The van der Waals surface area contributed by atoms with Gasteiger partial charge in [0, 0.05) is 11.1 Å². The Morgan fingerprint density at radius 3 is 2.22 bits per heavy atom. The summed E-state index contributed by atoms with van der Waals surface area (Å²) in [5.41, 5.74) is 5.34. The normalized spacial score (nSPS) is 11.2. The average molecular weight is 486 g/mol. The first-order valence-electron chi connectivity index (χ1n) is 11.7. The van der Waals surface area contributed by atoms with Gasteiger partial charge in [-0.25, -0.2) is 5.43 Å². The predicted octanol–water partition coefficient (Wildman–Crippen LogP) is 5.10. The Balaban J connectivity index is 1.55. The van der Waals surface area contributed by atoms with Crippen LogP contribution in [0.1, 0.15) is 38.3 Å². The predicted molar refractivity (Wildman–Crippen MR) is 145 cm³/mol. The van der Waals surface area contributed by atoms with Crippen molar-refractivity contribution in [2.45, 2.75) is 20.8 Å². The van der Waals surface area contributed by atoms with Crippen LogP contribution in [0.2, 0.25) is 0 Å². The SMILES string of the molecule is Cc1ccc(-n2nc(C(=O)N/N=C/c3c4ccccc4cc4ccccc34)c(C)c(C#N)c2=O)cc1C. The fraction of sp³-hybridized carbons (Fsp3) is 0.100. The summed E-state index contributed by atoms with van der Waals surface area (Å²) in [4.78, 5) is 26.1. The van der Waals surface area contributed by atoms with E-state index in [0.29, 0.717) is 5.69 Å². The van der Waals surface area contributed by atoms with Crippen molar-refractivity contribution < 1.29 is 4.79 Å². The minimum Gasteiger partial charge on any atom is -0.266 e. The molecular formula is C30H23N5O2. The van der Waals surface area contributed by atoms with E-state index in [0.717, 1.165) is 42.9 Å². The van der Waals surface area contributed by atoms with Crippen LogP contribution >= 0.6 is 0 Å². The van der Waals surface area contributed by atoms with Crippen LogP contribution < -0.4 is 11.0 Å². The summed E-state index contributed by atoms with van der Waals surface area (Å²) in [7, 11) is 0. The molecule has 0 bridgehead atoms. The van der Waals surface area contributed by atoms with Crippen molar-refractivity contribution in [3.05, 3.63) is 117 Å². The van der Waals surface area contributed by atoms with E-state index in [1.807, 2.05) is 74.5 Å². The van der Waals surface area contributed by atoms with E-state index < -0.39 is 11.5 Å². The lowest BCUT2D eigenvalue weighted by molar-refractivity contribution is 0.0947. The third kappa shape index (κ3) is 4.26. The molecule has 5 rings (SSSR count). The van der Waals surface area contributed by atoms with Gasteiger partial charge in [-0.15, -0.1) is 0 Å². The fourth-order valence-electron chi connectivity index (χ4n) is 4.38. The van der Waals surface area contributed by atoms with Gasteiger partial charge in [0.2, 0.25) is 0 Å². The number of nitrogens with zero attached hydrogens (tertiary/aromatic N) is 4. The molecule has 1 amide bonds. The number of carbonyl (C=O) groups excluding carboxylic acids is 1. The van der Waals surface area contributed by atoms with Crippen LogP contribution in [0.3, 0.4) is 0 Å². The van der Waals surface area contributed by atoms with Crippen molar-refractivity contribution >= 4 is 33.7 Å². The maximum Gasteiger partial charge on any atom is 0.292 e. The smallest absolute Gasteiger partial charge is 0.266 e. The van der Waals surface area contributed by atoms with Crippen LogP contribution in [0.5, 0.6) is 0 Å². The second kappa shape index (κ2) is 9.51. The molecule has 0 aliphatic carbocycles. The zero-order valence-corrected chi connectivity index (χ0v) is 20.6. The standard InChI is InChI=1S/C30H23N5O2/c1-18-12-13-23(14-19(18)2)35-30(37)26(16-31)20(3)28(34-35)29(36)33-32-17-27-24-10-6-4-8-21(24)15-22-9-5-7-11-25(22)27/h4-15,17H,1-3H3,(H,33,36)/b32-17+. The first kappa shape index (κ1) is 23.6. The second-order valence-electron chi connectivity index (χ2n) is 8.88. The Morgan fingerprint density at radius 2 is 1.59 bits per heavy atom. The molecule has 0 aliphatic rings. The number of aryl methyl sites for hydroxylation is 2. The summed E-state index contributed by atoms with van der Waals surface area (Å²) >= 11 is 0. The number of amides is 1. The highest BCUT2D eigenvalue weighted by Gasteiger charge is 2.20. The van der Waals surface area contributed by atoms with Gasteiger partial charge in [-0.3, -0.25) is 9.59 Å². The summed E-state index contributed by atoms with van der Waals surface area (Å²) in [6.45, 7) is 5.41. The topological polar surface area (TPSA) is 100 Å². The first-order valence-corrected chi connectivity index (χ1v) is 11.7. The quantitative estimate of drug-likeness (QED) is 0.217. The number of rotatable bonds is 4. The molecular weight excluding hydrogens is 462 g/mol. The summed E-state index contributed by atoms with van der Waals surface area (Å²) in [5.74, 6) is -0.618. The summed E-state index contributed by atoms with van der Waals surface area (Å²) < 4.78 is 1.09. The monoisotopic (exact) mass is 485 g/mol. The molecule has 7 heteroatoms. The molecule has 0 fully saturated rings. The van der Waals surface area contributed by atoms with E-state index in [1.54, 1.807) is 18.3 Å². The minimum absolute atomic E-state index is 0.0469. The Morgan fingerprint density at radius 1 is 0.946 bits per heavy atom. The summed E-state index contributed by atoms with van der Waals surface area (Å²) in [6, 6.07) is 25.4. The molecule has 0 saturated heterocycles. The molecule has 37 heavy (non-hydrogen) atoms. The second-order valence-corrected chi connectivity index (χ2v) is 8.88. The zero-order chi connectivity index (χ0) is 26.1. The van der Waals surface area contributed by atoms with Crippen LogP contribution in [0.25, 0.3) is 27.2 Å². The molecule has 0 spiro atoms. The van der Waals surface area contributed by atoms with E-state index in [9.17, 15) is 14.9 Å². The lowest BCUT2D eigenvalue weighted by Gasteiger charge is -2.12. The number of fused-ring (bicyclic) bond motifs is 2. The van der Waals surface area contributed by atoms with Gasteiger partial charge in [0.05, 0.1) is 11.9 Å². The third-order valence-electron chi connectivity index (χ3n) is 6.57. The Kier molecular flexibility index (Phi) is 6.08. The highest BCUT2D eigenvalue weighted by atomic mass is 16.2. The van der Waals surface area contributed by atoms with Gasteiger partial charge in [-0.05, 0) is 71.6 Å². The van der Waals surface area contributed by atoms with E-state index in [-0.39, 0.29) is 16.8 Å². The number of hydrazone groups is 1. The van der Waals surface area contributed by atoms with Crippen LogP contribution in [0.4, 0.5) is 0 Å². The lowest BCUT2D eigenvalue weighted by atomic mass is 9.97. The van der Waals surface area contributed by atoms with Gasteiger partial charge < -0.3 is 0 Å². The maximum absolute atomic E-state index is 13.2. The summed E-state index contributed by atoms with van der Waals surface area (Å²) in [5, 5.41) is 22.3. The van der Waals surface area contributed by atoms with Crippen molar-refractivity contribution in [3.8, 4) is 11.8 Å². The van der Waals surface area contributed by atoms with Gasteiger partial charge in [0.1, 0.15) is 11.6 Å². The number of hydrogen-bond donors (Lipinski definition) is 1. The fourth-order valence-corrected chi connectivity index (χ4v) is 4.38. The molecule has 4 aromatic carbocycles. The van der Waals surface area contributed by atoms with Gasteiger partial charge in [-0.1, -0.05) is 54.6 Å².